The molecule has 0 bridgehead atoms. The van der Waals surface area contributed by atoms with Gasteiger partial charge in [-0.25, -0.2) is 0 Å². The summed E-state index contributed by atoms with van der Waals surface area (Å²) in [5.41, 5.74) is 1.43. The van der Waals surface area contributed by atoms with E-state index in [1.165, 1.54) is 42.7 Å². The molecule has 16 heavy (non-hydrogen) atoms. The van der Waals surface area contributed by atoms with E-state index < -0.39 is 0 Å². The Balaban J connectivity index is 2.20. The molecular formula is C14H25NS. The summed E-state index contributed by atoms with van der Waals surface area (Å²) in [6.45, 7) is 9.00. The molecule has 0 spiro atoms. The van der Waals surface area contributed by atoms with Gasteiger partial charge in [-0.15, -0.1) is 11.3 Å². The van der Waals surface area contributed by atoms with Crippen LogP contribution in [0.3, 0.4) is 0 Å². The summed E-state index contributed by atoms with van der Waals surface area (Å²) in [7, 11) is 0. The molecule has 0 aliphatic heterocycles. The van der Waals surface area contributed by atoms with Crippen LogP contribution in [-0.4, -0.2) is 6.54 Å². The monoisotopic (exact) mass is 239 g/mol. The molecule has 1 aromatic heterocycles. The highest BCUT2D eigenvalue weighted by Gasteiger charge is 2.06. The van der Waals surface area contributed by atoms with E-state index in [9.17, 15) is 0 Å². The van der Waals surface area contributed by atoms with E-state index in [1.54, 1.807) is 0 Å². The molecule has 0 amide bonds. The molecular weight excluding hydrogens is 214 g/mol. The summed E-state index contributed by atoms with van der Waals surface area (Å²) in [5, 5.41) is 5.78. The van der Waals surface area contributed by atoms with Crippen molar-refractivity contribution in [2.24, 2.45) is 5.92 Å². The molecule has 0 aliphatic rings. The van der Waals surface area contributed by atoms with E-state index in [0.29, 0.717) is 0 Å². The third-order valence-corrected chi connectivity index (χ3v) is 4.25. The second kappa shape index (κ2) is 7.86. The summed E-state index contributed by atoms with van der Waals surface area (Å²) in [4.78, 5) is 1.49. The number of aryl methyl sites for hydroxylation is 1. The zero-order chi connectivity index (χ0) is 11.8. The van der Waals surface area contributed by atoms with Crippen molar-refractivity contribution in [1.29, 1.82) is 0 Å². The normalized spacial score (nSPS) is 12.9. The van der Waals surface area contributed by atoms with Gasteiger partial charge in [-0.3, -0.25) is 0 Å². The number of hydrogen-bond acceptors (Lipinski definition) is 2. The highest BCUT2D eigenvalue weighted by atomic mass is 32.1. The summed E-state index contributed by atoms with van der Waals surface area (Å²) < 4.78 is 0. The first-order valence-electron chi connectivity index (χ1n) is 6.51. The van der Waals surface area contributed by atoms with Gasteiger partial charge in [0.05, 0.1) is 0 Å². The lowest BCUT2D eigenvalue weighted by Crippen LogP contribution is -2.22. The molecule has 0 saturated carbocycles. The molecule has 0 aliphatic carbocycles. The molecule has 0 saturated heterocycles. The molecule has 1 heterocycles. The lowest BCUT2D eigenvalue weighted by atomic mass is 9.99. The highest BCUT2D eigenvalue weighted by Crippen LogP contribution is 2.16. The van der Waals surface area contributed by atoms with Gasteiger partial charge < -0.3 is 5.32 Å². The maximum atomic E-state index is 3.60. The Morgan fingerprint density at radius 3 is 2.75 bits per heavy atom. The van der Waals surface area contributed by atoms with Crippen LogP contribution < -0.4 is 5.32 Å². The van der Waals surface area contributed by atoms with Crippen LogP contribution in [0.15, 0.2) is 11.4 Å². The number of rotatable bonds is 8. The average Bonchev–Trinajstić information content (AvgIpc) is 2.69. The van der Waals surface area contributed by atoms with E-state index in [0.717, 1.165) is 12.5 Å². The van der Waals surface area contributed by atoms with Crippen molar-refractivity contribution in [2.75, 3.05) is 6.54 Å². The average molecular weight is 239 g/mol. The second-order valence-corrected chi connectivity index (χ2v) is 5.57. The number of nitrogens with one attached hydrogen (secondary N) is 1. The molecule has 0 aromatic carbocycles. The minimum atomic E-state index is 0.861. The van der Waals surface area contributed by atoms with Crippen molar-refractivity contribution in [2.45, 2.75) is 53.0 Å². The maximum Gasteiger partial charge on any atom is 0.0302 e. The van der Waals surface area contributed by atoms with Crippen LogP contribution in [0.1, 0.15) is 50.0 Å². The van der Waals surface area contributed by atoms with Gasteiger partial charge in [0.25, 0.3) is 0 Å². The minimum Gasteiger partial charge on any atom is -0.312 e. The van der Waals surface area contributed by atoms with E-state index in [2.05, 4.69) is 37.5 Å². The summed E-state index contributed by atoms with van der Waals surface area (Å²) in [5.74, 6) is 0.861. The van der Waals surface area contributed by atoms with Gasteiger partial charge in [-0.2, -0.15) is 0 Å². The van der Waals surface area contributed by atoms with Crippen LogP contribution in [0.5, 0.6) is 0 Å². The molecule has 1 unspecified atom stereocenters. The molecule has 1 atom stereocenters. The third-order valence-electron chi connectivity index (χ3n) is 3.23. The first kappa shape index (κ1) is 13.7. The smallest absolute Gasteiger partial charge is 0.0302 e. The Kier molecular flexibility index (Phi) is 6.74. The first-order valence-corrected chi connectivity index (χ1v) is 7.39. The zero-order valence-electron chi connectivity index (χ0n) is 10.9. The Hall–Kier alpha value is -0.340. The van der Waals surface area contributed by atoms with Gasteiger partial charge >= 0.3 is 0 Å². The summed E-state index contributed by atoms with van der Waals surface area (Å²) in [6, 6.07) is 2.20. The van der Waals surface area contributed by atoms with Crippen molar-refractivity contribution in [1.82, 2.24) is 5.32 Å². The molecule has 92 valence electrons. The molecule has 2 heteroatoms. The lowest BCUT2D eigenvalue weighted by Gasteiger charge is -2.15. The second-order valence-electron chi connectivity index (χ2n) is 4.57. The summed E-state index contributed by atoms with van der Waals surface area (Å²) in [6.07, 6.45) is 5.37. The summed E-state index contributed by atoms with van der Waals surface area (Å²) >= 11 is 1.86. The molecule has 1 aromatic rings. The fraction of sp³-hybridized carbons (Fsp3) is 0.714. The molecule has 0 fully saturated rings. The number of thiophene rings is 1. The fourth-order valence-corrected chi connectivity index (χ4v) is 2.79. The third kappa shape index (κ3) is 4.67. The Labute approximate surface area is 104 Å². The van der Waals surface area contributed by atoms with Crippen molar-refractivity contribution in [3.63, 3.8) is 0 Å². The van der Waals surface area contributed by atoms with Crippen LogP contribution in [0, 0.1) is 12.8 Å². The van der Waals surface area contributed by atoms with Gasteiger partial charge in [-0.05, 0) is 42.8 Å². The molecule has 0 radical (unpaired) electrons. The van der Waals surface area contributed by atoms with Crippen LogP contribution in [0.25, 0.3) is 0 Å². The van der Waals surface area contributed by atoms with Crippen LogP contribution in [-0.2, 0) is 6.54 Å². The van der Waals surface area contributed by atoms with Gasteiger partial charge in [0.1, 0.15) is 0 Å². The van der Waals surface area contributed by atoms with Crippen LogP contribution in [0.2, 0.25) is 0 Å². The van der Waals surface area contributed by atoms with E-state index in [1.807, 2.05) is 11.3 Å². The van der Waals surface area contributed by atoms with Crippen molar-refractivity contribution >= 4 is 11.3 Å². The molecule has 1 rings (SSSR count). The van der Waals surface area contributed by atoms with Gasteiger partial charge in [0.2, 0.25) is 0 Å². The zero-order valence-corrected chi connectivity index (χ0v) is 11.7. The van der Waals surface area contributed by atoms with E-state index >= 15 is 0 Å². The fourth-order valence-electron chi connectivity index (χ4n) is 1.92. The van der Waals surface area contributed by atoms with Crippen molar-refractivity contribution in [3.05, 3.63) is 21.9 Å². The number of unbranched alkanes of at least 4 members (excludes halogenated alkanes) is 1. The maximum absolute atomic E-state index is 3.60. The Bertz CT molecular complexity index is 280. The molecule has 1 nitrogen and oxygen atoms in total. The lowest BCUT2D eigenvalue weighted by molar-refractivity contribution is 0.420. The standard InChI is InChI=1S/C14H25NS/c1-4-6-7-13(5-2)10-15-11-14-12(3)8-9-16-14/h8-9,13,15H,4-7,10-11H2,1-3H3. The predicted octanol–water partition coefficient (Wildman–Crippen LogP) is 4.36. The minimum absolute atomic E-state index is 0.861. The first-order chi connectivity index (χ1) is 7.77. The highest BCUT2D eigenvalue weighted by molar-refractivity contribution is 7.10. The van der Waals surface area contributed by atoms with Crippen molar-refractivity contribution < 1.29 is 0 Å². The van der Waals surface area contributed by atoms with Gasteiger partial charge in [0, 0.05) is 11.4 Å². The largest absolute Gasteiger partial charge is 0.312 e. The van der Waals surface area contributed by atoms with Crippen LogP contribution in [0.4, 0.5) is 0 Å². The topological polar surface area (TPSA) is 12.0 Å². The Morgan fingerprint density at radius 1 is 1.38 bits per heavy atom. The van der Waals surface area contributed by atoms with Crippen LogP contribution >= 0.6 is 11.3 Å². The predicted molar refractivity (Wildman–Crippen MR) is 74.1 cm³/mol. The van der Waals surface area contributed by atoms with Crippen molar-refractivity contribution in [3.8, 4) is 0 Å². The van der Waals surface area contributed by atoms with E-state index in [4.69, 9.17) is 0 Å². The van der Waals surface area contributed by atoms with Gasteiger partial charge in [0.15, 0.2) is 0 Å². The Morgan fingerprint density at radius 2 is 2.19 bits per heavy atom. The molecule has 1 N–H and O–H groups in total. The SMILES string of the molecule is CCCCC(CC)CNCc1sccc1C. The van der Waals surface area contributed by atoms with Gasteiger partial charge in [-0.1, -0.05) is 33.1 Å². The number of hydrogen-bond donors (Lipinski definition) is 1. The van der Waals surface area contributed by atoms with E-state index in [-0.39, 0.29) is 0 Å². The quantitative estimate of drug-likeness (QED) is 0.710.